The number of pyridine rings is 1. The number of aromatic nitrogens is 5. The molecule has 0 unspecified atom stereocenters. The predicted octanol–water partition coefficient (Wildman–Crippen LogP) is 1.49. The number of benzene rings is 1. The van der Waals surface area contributed by atoms with Crippen molar-refractivity contribution in [3.63, 3.8) is 0 Å². The predicted molar refractivity (Wildman–Crippen MR) is 75.7 cm³/mol. The summed E-state index contributed by atoms with van der Waals surface area (Å²) in [6.45, 7) is 6.42. The number of fused-ring (bicyclic) bond motifs is 1. The first-order chi connectivity index (χ1) is 9.56. The third-order valence-corrected chi connectivity index (χ3v) is 3.43. The molecule has 0 radical (unpaired) electrons. The van der Waals surface area contributed by atoms with Crippen molar-refractivity contribution in [3.8, 4) is 0 Å². The highest BCUT2D eigenvalue weighted by atomic mass is 16.1. The molecule has 3 aromatic rings. The smallest absolute Gasteiger partial charge is 0.194 e. The van der Waals surface area contributed by atoms with Gasteiger partial charge in [0.15, 0.2) is 11.3 Å². The summed E-state index contributed by atoms with van der Waals surface area (Å²) in [7, 11) is 0. The number of H-pyrrole nitrogens is 1. The molecule has 3 rings (SSSR count). The molecule has 0 aliphatic carbocycles. The number of rotatable bonds is 2. The molecule has 0 aliphatic heterocycles. The average molecular weight is 269 g/mol. The second-order valence-electron chi connectivity index (χ2n) is 5.04. The van der Waals surface area contributed by atoms with Gasteiger partial charge in [0.2, 0.25) is 0 Å². The van der Waals surface area contributed by atoms with Crippen LogP contribution in [0.25, 0.3) is 10.9 Å². The Balaban J connectivity index is 2.33. The van der Waals surface area contributed by atoms with Gasteiger partial charge in [-0.05, 0) is 38.0 Å². The first kappa shape index (κ1) is 12.5. The molecule has 1 N–H and O–H groups in total. The summed E-state index contributed by atoms with van der Waals surface area (Å²) in [5.74, 6) is 0.595. The topological polar surface area (TPSA) is 76.5 Å². The maximum Gasteiger partial charge on any atom is 0.194 e. The van der Waals surface area contributed by atoms with Gasteiger partial charge in [-0.2, -0.15) is 5.21 Å². The van der Waals surface area contributed by atoms with Gasteiger partial charge in [0.05, 0.1) is 12.1 Å². The number of aromatic amines is 1. The van der Waals surface area contributed by atoms with Crippen LogP contribution < -0.4 is 5.43 Å². The van der Waals surface area contributed by atoms with Crippen LogP contribution >= 0.6 is 0 Å². The number of nitrogens with zero attached hydrogens (tertiary/aromatic N) is 4. The maximum atomic E-state index is 12.2. The van der Waals surface area contributed by atoms with Gasteiger partial charge in [-0.3, -0.25) is 4.79 Å². The average Bonchev–Trinajstić information content (AvgIpc) is 2.87. The Morgan fingerprint density at radius 1 is 1.20 bits per heavy atom. The van der Waals surface area contributed by atoms with Crippen LogP contribution in [0.2, 0.25) is 0 Å². The molecule has 2 heterocycles. The van der Waals surface area contributed by atoms with Gasteiger partial charge < -0.3 is 4.57 Å². The number of hydrogen-bond donors (Lipinski definition) is 1. The summed E-state index contributed by atoms with van der Waals surface area (Å²) >= 11 is 0. The lowest BCUT2D eigenvalue weighted by Crippen LogP contribution is -2.14. The molecule has 0 fully saturated rings. The van der Waals surface area contributed by atoms with Crippen molar-refractivity contribution in [2.24, 2.45) is 0 Å². The highest BCUT2D eigenvalue weighted by Gasteiger charge is 2.11. The number of tetrazole rings is 1. The van der Waals surface area contributed by atoms with Crippen molar-refractivity contribution < 1.29 is 0 Å². The molecule has 102 valence electrons. The molecular formula is C14H15N5O. The Labute approximate surface area is 115 Å². The maximum absolute atomic E-state index is 12.2. The Kier molecular flexibility index (Phi) is 2.85. The molecule has 0 saturated carbocycles. The summed E-state index contributed by atoms with van der Waals surface area (Å²) < 4.78 is 2.05. The first-order valence-corrected chi connectivity index (χ1v) is 6.40. The van der Waals surface area contributed by atoms with E-state index in [9.17, 15) is 4.79 Å². The molecular weight excluding hydrogens is 254 g/mol. The fraction of sp³-hybridized carbons (Fsp3) is 0.286. The number of aryl methyl sites for hydroxylation is 3. The minimum absolute atomic E-state index is 0.0497. The molecule has 0 amide bonds. The standard InChI is InChI=1S/C14H15N5O/c1-8-4-9(2)14-11(5-8)12(20)6-10(3)19(14)7-13-15-17-18-16-13/h4-6H,7H2,1-3H3,(H,15,16,17,18). The van der Waals surface area contributed by atoms with E-state index in [2.05, 4.69) is 31.3 Å². The van der Waals surface area contributed by atoms with E-state index >= 15 is 0 Å². The van der Waals surface area contributed by atoms with E-state index in [1.54, 1.807) is 6.07 Å². The van der Waals surface area contributed by atoms with Crippen molar-refractivity contribution in [2.75, 3.05) is 0 Å². The highest BCUT2D eigenvalue weighted by molar-refractivity contribution is 5.83. The molecule has 0 spiro atoms. The zero-order valence-corrected chi connectivity index (χ0v) is 11.6. The molecule has 1 aromatic carbocycles. The van der Waals surface area contributed by atoms with Gasteiger partial charge in [-0.25, -0.2) is 0 Å². The lowest BCUT2D eigenvalue weighted by molar-refractivity contribution is 0.741. The van der Waals surface area contributed by atoms with Gasteiger partial charge in [0.1, 0.15) is 0 Å². The van der Waals surface area contributed by atoms with E-state index in [0.29, 0.717) is 12.4 Å². The summed E-state index contributed by atoms with van der Waals surface area (Å²) in [6, 6.07) is 5.66. The van der Waals surface area contributed by atoms with Gasteiger partial charge in [-0.15, -0.1) is 10.2 Å². The minimum atomic E-state index is 0.0497. The monoisotopic (exact) mass is 269 g/mol. The van der Waals surface area contributed by atoms with Gasteiger partial charge in [0.25, 0.3) is 0 Å². The van der Waals surface area contributed by atoms with Crippen LogP contribution in [-0.2, 0) is 6.54 Å². The van der Waals surface area contributed by atoms with Crippen molar-refractivity contribution in [3.05, 3.63) is 51.1 Å². The lowest BCUT2D eigenvalue weighted by Gasteiger charge is -2.15. The van der Waals surface area contributed by atoms with E-state index in [1.165, 1.54) is 0 Å². The van der Waals surface area contributed by atoms with E-state index in [0.717, 1.165) is 27.7 Å². The molecule has 0 atom stereocenters. The lowest BCUT2D eigenvalue weighted by atomic mass is 10.1. The van der Waals surface area contributed by atoms with Crippen molar-refractivity contribution in [1.82, 2.24) is 25.2 Å². The van der Waals surface area contributed by atoms with E-state index in [4.69, 9.17) is 0 Å². The summed E-state index contributed by atoms with van der Waals surface area (Å²) in [5, 5.41) is 14.7. The van der Waals surface area contributed by atoms with Crippen LogP contribution in [0, 0.1) is 20.8 Å². The van der Waals surface area contributed by atoms with Crippen LogP contribution in [0.3, 0.4) is 0 Å². The first-order valence-electron chi connectivity index (χ1n) is 6.40. The quantitative estimate of drug-likeness (QED) is 0.764. The second kappa shape index (κ2) is 4.56. The van der Waals surface area contributed by atoms with Gasteiger partial charge >= 0.3 is 0 Å². The fourth-order valence-electron chi connectivity index (χ4n) is 2.62. The normalized spacial score (nSPS) is 11.2. The third kappa shape index (κ3) is 1.99. The zero-order chi connectivity index (χ0) is 14.3. The zero-order valence-electron chi connectivity index (χ0n) is 11.6. The Morgan fingerprint density at radius 3 is 2.70 bits per heavy atom. The molecule has 2 aromatic heterocycles. The second-order valence-corrected chi connectivity index (χ2v) is 5.04. The van der Waals surface area contributed by atoms with E-state index < -0.39 is 0 Å². The molecule has 0 bridgehead atoms. The summed E-state index contributed by atoms with van der Waals surface area (Å²) in [4.78, 5) is 12.2. The molecule has 0 aliphatic rings. The fourth-order valence-corrected chi connectivity index (χ4v) is 2.62. The van der Waals surface area contributed by atoms with Crippen molar-refractivity contribution >= 4 is 10.9 Å². The number of nitrogens with one attached hydrogen (secondary N) is 1. The van der Waals surface area contributed by atoms with Crippen LogP contribution in [-0.4, -0.2) is 25.2 Å². The largest absolute Gasteiger partial charge is 0.337 e. The van der Waals surface area contributed by atoms with Crippen LogP contribution in [0.5, 0.6) is 0 Å². The van der Waals surface area contributed by atoms with Crippen LogP contribution in [0.15, 0.2) is 23.0 Å². The van der Waals surface area contributed by atoms with E-state index in [-0.39, 0.29) is 5.43 Å². The number of hydrogen-bond acceptors (Lipinski definition) is 4. The van der Waals surface area contributed by atoms with Crippen LogP contribution in [0.4, 0.5) is 0 Å². The minimum Gasteiger partial charge on any atom is -0.337 e. The molecule has 0 saturated heterocycles. The SMILES string of the molecule is Cc1cc(C)c2c(c1)c(=O)cc(C)n2Cc1nn[nH]n1. The highest BCUT2D eigenvalue weighted by Crippen LogP contribution is 2.20. The molecule has 6 nitrogen and oxygen atoms in total. The molecule has 20 heavy (non-hydrogen) atoms. The van der Waals surface area contributed by atoms with Gasteiger partial charge in [0, 0.05) is 17.1 Å². The Hall–Kier alpha value is -2.50. The van der Waals surface area contributed by atoms with E-state index in [1.807, 2.05) is 26.8 Å². The summed E-state index contributed by atoms with van der Waals surface area (Å²) in [5.41, 5.74) is 4.03. The van der Waals surface area contributed by atoms with Crippen molar-refractivity contribution in [1.29, 1.82) is 0 Å². The van der Waals surface area contributed by atoms with Crippen LogP contribution in [0.1, 0.15) is 22.6 Å². The van der Waals surface area contributed by atoms with Crippen molar-refractivity contribution in [2.45, 2.75) is 27.3 Å². The third-order valence-electron chi connectivity index (χ3n) is 3.43. The van der Waals surface area contributed by atoms with Gasteiger partial charge in [-0.1, -0.05) is 11.3 Å². The Bertz CT molecular complexity index is 833. The summed E-state index contributed by atoms with van der Waals surface area (Å²) in [6.07, 6.45) is 0. The Morgan fingerprint density at radius 2 is 2.00 bits per heavy atom. The molecule has 6 heteroatoms.